The molecule has 0 aliphatic rings. The minimum absolute atomic E-state index is 0.0115. The summed E-state index contributed by atoms with van der Waals surface area (Å²) in [5.41, 5.74) is -0.151. The summed E-state index contributed by atoms with van der Waals surface area (Å²) in [5, 5.41) is 3.49. The van der Waals surface area contributed by atoms with Crippen molar-refractivity contribution >= 4 is 29.4 Å². The van der Waals surface area contributed by atoms with E-state index in [2.05, 4.69) is 5.10 Å². The van der Waals surface area contributed by atoms with Crippen LogP contribution in [0.25, 0.3) is 11.1 Å². The van der Waals surface area contributed by atoms with Crippen molar-refractivity contribution in [2.75, 3.05) is 4.90 Å². The summed E-state index contributed by atoms with van der Waals surface area (Å²) < 4.78 is 55.1. The molecule has 0 spiro atoms. The number of aryl methyl sites for hydroxylation is 1. The van der Waals surface area contributed by atoms with Crippen LogP contribution in [0.5, 0.6) is 0 Å². The fourth-order valence-corrected chi connectivity index (χ4v) is 2.87. The van der Waals surface area contributed by atoms with Gasteiger partial charge in [0.15, 0.2) is 5.69 Å². The second kappa shape index (κ2) is 7.40. The van der Waals surface area contributed by atoms with Crippen molar-refractivity contribution in [2.45, 2.75) is 6.43 Å². The maximum absolute atomic E-state index is 13.9. The van der Waals surface area contributed by atoms with Crippen LogP contribution in [0.4, 0.5) is 28.9 Å². The van der Waals surface area contributed by atoms with Crippen LogP contribution in [-0.4, -0.2) is 16.2 Å². The maximum atomic E-state index is 13.9. The van der Waals surface area contributed by atoms with Crippen molar-refractivity contribution in [1.82, 2.24) is 9.78 Å². The zero-order valence-corrected chi connectivity index (χ0v) is 14.6. The highest BCUT2D eigenvalue weighted by molar-refractivity contribution is 6.31. The summed E-state index contributed by atoms with van der Waals surface area (Å²) in [6, 6.07) is 7.31. The zero-order chi connectivity index (χ0) is 19.7. The first-order valence-electron chi connectivity index (χ1n) is 7.63. The molecular weight excluding hydrogens is 386 g/mol. The molecule has 0 saturated carbocycles. The average molecular weight is 398 g/mol. The fourth-order valence-electron chi connectivity index (χ4n) is 2.69. The SMILES string of the molecule is Cn1cc(N(C=O)c2cc(F)ccc2-c2ccc(F)c(Cl)c2)c(C(F)F)n1. The first-order chi connectivity index (χ1) is 12.8. The van der Waals surface area contributed by atoms with Crippen LogP contribution in [0.15, 0.2) is 42.6 Å². The van der Waals surface area contributed by atoms with Crippen molar-refractivity contribution in [3.05, 3.63) is 64.9 Å². The van der Waals surface area contributed by atoms with Crippen molar-refractivity contribution in [3.63, 3.8) is 0 Å². The molecule has 2 aromatic carbocycles. The molecular formula is C18H12ClF4N3O. The second-order valence-electron chi connectivity index (χ2n) is 5.64. The Labute approximate surface area is 156 Å². The number of rotatable bonds is 5. The summed E-state index contributed by atoms with van der Waals surface area (Å²) in [4.78, 5) is 12.6. The number of carbonyl (C=O) groups excluding carboxylic acids is 1. The highest BCUT2D eigenvalue weighted by atomic mass is 35.5. The van der Waals surface area contributed by atoms with Gasteiger partial charge in [-0.3, -0.25) is 14.4 Å². The van der Waals surface area contributed by atoms with Crippen LogP contribution in [0, 0.1) is 11.6 Å². The van der Waals surface area contributed by atoms with Gasteiger partial charge in [-0.2, -0.15) is 5.10 Å². The van der Waals surface area contributed by atoms with Crippen molar-refractivity contribution in [1.29, 1.82) is 0 Å². The van der Waals surface area contributed by atoms with Crippen LogP contribution in [-0.2, 0) is 11.8 Å². The molecule has 0 atom stereocenters. The van der Waals surface area contributed by atoms with Gasteiger partial charge >= 0.3 is 0 Å². The van der Waals surface area contributed by atoms with E-state index in [0.29, 0.717) is 11.1 Å². The summed E-state index contributed by atoms with van der Waals surface area (Å²) in [7, 11) is 1.42. The molecule has 0 saturated heterocycles. The van der Waals surface area contributed by atoms with E-state index in [1.807, 2.05) is 0 Å². The number of amides is 1. The molecule has 4 nitrogen and oxygen atoms in total. The van der Waals surface area contributed by atoms with Gasteiger partial charge in [-0.05, 0) is 35.9 Å². The van der Waals surface area contributed by atoms with Crippen LogP contribution in [0.3, 0.4) is 0 Å². The number of alkyl halides is 2. The molecule has 0 radical (unpaired) electrons. The van der Waals surface area contributed by atoms with Crippen molar-refractivity contribution < 1.29 is 22.4 Å². The number of anilines is 2. The van der Waals surface area contributed by atoms with Gasteiger partial charge in [0.1, 0.15) is 11.6 Å². The third-order valence-corrected chi connectivity index (χ3v) is 4.15. The quantitative estimate of drug-likeness (QED) is 0.435. The van der Waals surface area contributed by atoms with E-state index in [-0.39, 0.29) is 22.8 Å². The van der Waals surface area contributed by atoms with Crippen LogP contribution in [0.2, 0.25) is 5.02 Å². The average Bonchev–Trinajstić information content (AvgIpc) is 3.00. The number of aromatic nitrogens is 2. The Balaban J connectivity index is 2.21. The summed E-state index contributed by atoms with van der Waals surface area (Å²) >= 11 is 5.80. The number of nitrogens with zero attached hydrogens (tertiary/aromatic N) is 3. The Kier molecular flexibility index (Phi) is 5.18. The number of hydrogen-bond donors (Lipinski definition) is 0. The van der Waals surface area contributed by atoms with Gasteiger partial charge in [0.05, 0.1) is 16.4 Å². The summed E-state index contributed by atoms with van der Waals surface area (Å²) in [5.74, 6) is -1.33. The minimum atomic E-state index is -2.94. The molecule has 3 rings (SSSR count). The Bertz CT molecular complexity index is 1010. The van der Waals surface area contributed by atoms with Crippen molar-refractivity contribution in [2.24, 2.45) is 7.05 Å². The standard InChI is InChI=1S/C18H12ClF4N3O/c1-25-8-16(17(24-25)18(22)23)26(9-27)15-7-11(20)3-4-12(15)10-2-5-14(21)13(19)6-10/h2-9,18H,1H3. The smallest absolute Gasteiger partial charge is 0.279 e. The summed E-state index contributed by atoms with van der Waals surface area (Å²) in [6.07, 6.45) is -1.44. The molecule has 0 unspecified atom stereocenters. The van der Waals surface area contributed by atoms with E-state index in [9.17, 15) is 22.4 Å². The van der Waals surface area contributed by atoms with Crippen LogP contribution >= 0.6 is 11.6 Å². The lowest BCUT2D eigenvalue weighted by Gasteiger charge is -2.21. The summed E-state index contributed by atoms with van der Waals surface area (Å²) in [6.45, 7) is 0. The molecule has 0 aliphatic heterocycles. The Morgan fingerprint density at radius 2 is 1.89 bits per heavy atom. The third kappa shape index (κ3) is 3.66. The molecule has 27 heavy (non-hydrogen) atoms. The molecule has 9 heteroatoms. The molecule has 1 aromatic heterocycles. The first-order valence-corrected chi connectivity index (χ1v) is 8.00. The molecule has 1 amide bonds. The van der Waals surface area contributed by atoms with Gasteiger partial charge in [0.2, 0.25) is 6.41 Å². The predicted octanol–water partition coefficient (Wildman–Crippen LogP) is 5.25. The number of halogens is 5. The largest absolute Gasteiger partial charge is 0.284 e. The zero-order valence-electron chi connectivity index (χ0n) is 13.8. The van der Waals surface area contributed by atoms with Gasteiger partial charge in [-0.25, -0.2) is 17.6 Å². The highest BCUT2D eigenvalue weighted by Crippen LogP contribution is 2.39. The first kappa shape index (κ1) is 18.9. The van der Waals surface area contributed by atoms with Gasteiger partial charge < -0.3 is 0 Å². The molecule has 0 N–H and O–H groups in total. The molecule has 0 fully saturated rings. The third-order valence-electron chi connectivity index (χ3n) is 3.86. The number of hydrogen-bond acceptors (Lipinski definition) is 2. The van der Waals surface area contributed by atoms with E-state index < -0.39 is 23.8 Å². The lowest BCUT2D eigenvalue weighted by Crippen LogP contribution is -2.16. The lowest BCUT2D eigenvalue weighted by atomic mass is 10.0. The van der Waals surface area contributed by atoms with Crippen LogP contribution in [0.1, 0.15) is 12.1 Å². The monoisotopic (exact) mass is 397 g/mol. The molecule has 140 valence electrons. The van der Waals surface area contributed by atoms with Gasteiger partial charge in [-0.1, -0.05) is 17.7 Å². The molecule has 3 aromatic rings. The topological polar surface area (TPSA) is 38.1 Å². The van der Waals surface area contributed by atoms with E-state index in [0.717, 1.165) is 27.8 Å². The predicted molar refractivity (Wildman–Crippen MR) is 93.2 cm³/mol. The van der Waals surface area contributed by atoms with Gasteiger partial charge in [0, 0.05) is 18.8 Å². The fraction of sp³-hybridized carbons (Fsp3) is 0.111. The number of benzene rings is 2. The second-order valence-corrected chi connectivity index (χ2v) is 6.05. The molecule has 0 aliphatic carbocycles. The lowest BCUT2D eigenvalue weighted by molar-refractivity contribution is -0.106. The number of carbonyl (C=O) groups is 1. The van der Waals surface area contributed by atoms with E-state index >= 15 is 0 Å². The van der Waals surface area contributed by atoms with Crippen LogP contribution < -0.4 is 4.90 Å². The molecule has 1 heterocycles. The maximum Gasteiger partial charge on any atom is 0.284 e. The minimum Gasteiger partial charge on any atom is -0.279 e. The Morgan fingerprint density at radius 3 is 2.52 bits per heavy atom. The van der Waals surface area contributed by atoms with E-state index in [1.165, 1.54) is 31.4 Å². The Morgan fingerprint density at radius 1 is 1.15 bits per heavy atom. The highest BCUT2D eigenvalue weighted by Gasteiger charge is 2.25. The van der Waals surface area contributed by atoms with Crippen molar-refractivity contribution in [3.8, 4) is 11.1 Å². The van der Waals surface area contributed by atoms with Gasteiger partial charge in [-0.15, -0.1) is 0 Å². The normalized spacial score (nSPS) is 11.1. The van der Waals surface area contributed by atoms with E-state index in [1.54, 1.807) is 0 Å². The van der Waals surface area contributed by atoms with Gasteiger partial charge in [0.25, 0.3) is 6.43 Å². The molecule has 0 bridgehead atoms. The Hall–Kier alpha value is -2.87. The van der Waals surface area contributed by atoms with E-state index in [4.69, 9.17) is 11.6 Å².